The van der Waals surface area contributed by atoms with Gasteiger partial charge in [0.25, 0.3) is 16.6 Å². The zero-order chi connectivity index (χ0) is 28.5. The minimum absolute atomic E-state index is 0.170. The smallest absolute Gasteiger partial charge is 0.250 e. The fourth-order valence-corrected chi connectivity index (χ4v) is 12.1. The highest BCUT2D eigenvalue weighted by Gasteiger charge is 2.47. The van der Waals surface area contributed by atoms with Crippen molar-refractivity contribution >= 4 is 36.9 Å². The third-order valence-electron chi connectivity index (χ3n) is 10.0. The molecule has 38 heavy (non-hydrogen) atoms. The largest absolute Gasteiger partial charge is 0.543 e. The average Bonchev–Trinajstić information content (AvgIpc) is 3.34. The van der Waals surface area contributed by atoms with Crippen molar-refractivity contribution in [3.8, 4) is 11.5 Å². The first-order chi connectivity index (χ1) is 17.3. The van der Waals surface area contributed by atoms with Gasteiger partial charge in [-0.25, -0.2) is 0 Å². The van der Waals surface area contributed by atoms with Gasteiger partial charge in [-0.3, -0.25) is 0 Å². The molecule has 0 bridgehead atoms. The molecule has 0 saturated carbocycles. The molecule has 0 fully saturated rings. The van der Waals surface area contributed by atoms with E-state index in [2.05, 4.69) is 142 Å². The molecule has 2 atom stereocenters. The molecule has 0 radical (unpaired) electrons. The predicted octanol–water partition coefficient (Wildman–Crippen LogP) is 10.6. The molecule has 2 nitrogen and oxygen atoms in total. The van der Waals surface area contributed by atoms with Crippen LogP contribution in [0, 0.1) is 0 Å². The first kappa shape index (κ1) is 29.2. The van der Waals surface area contributed by atoms with E-state index in [0.29, 0.717) is 11.1 Å². The Labute approximate surface area is 235 Å². The Hall–Kier alpha value is -1.83. The lowest BCUT2D eigenvalue weighted by Gasteiger charge is -2.39. The summed E-state index contributed by atoms with van der Waals surface area (Å²) in [5, 5.41) is 0.341. The molecule has 4 rings (SSSR count). The minimum atomic E-state index is -1.93. The first-order valence-electron chi connectivity index (χ1n) is 14.3. The molecule has 5 heteroatoms. The second-order valence-electron chi connectivity index (χ2n) is 15.2. The number of rotatable bonds is 6. The van der Waals surface area contributed by atoms with Crippen LogP contribution in [0.25, 0.3) is 12.2 Å². The fourth-order valence-electron chi connectivity index (χ4n) is 5.68. The molecule has 0 heterocycles. The molecule has 2 aliphatic carbocycles. The lowest BCUT2D eigenvalue weighted by molar-refractivity contribution is 0.491. The topological polar surface area (TPSA) is 18.5 Å². The van der Waals surface area contributed by atoms with E-state index in [4.69, 9.17) is 8.85 Å². The molecular weight excluding hydrogens is 513 g/mol. The summed E-state index contributed by atoms with van der Waals surface area (Å²) in [7, 11) is -5.74. The van der Waals surface area contributed by atoms with Gasteiger partial charge in [0.05, 0.1) is 8.07 Å². The van der Waals surface area contributed by atoms with Crippen LogP contribution in [-0.2, 0) is 0 Å². The van der Waals surface area contributed by atoms with Crippen molar-refractivity contribution < 1.29 is 8.85 Å². The summed E-state index contributed by atoms with van der Waals surface area (Å²) in [5.41, 5.74) is 7.93. The average molecular weight is 563 g/mol. The molecule has 2 aromatic rings. The van der Waals surface area contributed by atoms with E-state index in [1.54, 1.807) is 0 Å². The van der Waals surface area contributed by atoms with Gasteiger partial charge in [0.15, 0.2) is 0 Å². The van der Waals surface area contributed by atoms with E-state index in [-0.39, 0.29) is 10.1 Å². The predicted molar refractivity (Wildman–Crippen MR) is 174 cm³/mol. The zero-order valence-corrected chi connectivity index (χ0v) is 29.2. The van der Waals surface area contributed by atoms with Gasteiger partial charge in [0, 0.05) is 16.7 Å². The van der Waals surface area contributed by atoms with Crippen molar-refractivity contribution in [3.05, 3.63) is 70.3 Å². The summed E-state index contributed by atoms with van der Waals surface area (Å²) in [4.78, 5) is 0. The quantitative estimate of drug-likeness (QED) is 0.326. The molecule has 206 valence electrons. The van der Waals surface area contributed by atoms with Crippen LogP contribution < -0.4 is 8.85 Å². The van der Waals surface area contributed by atoms with Gasteiger partial charge in [-0.2, -0.15) is 0 Å². The van der Waals surface area contributed by atoms with Gasteiger partial charge < -0.3 is 8.85 Å². The standard InChI is InChI=1S/C33H50O2Si3/c1-23-22-27-26(17-15-19-29(27)35-38(12,13)33(5,6)7)31(23)36(8,9)30-21-20-24-25(30)16-14-18-28(24)34-37(10,11)32(2,3)4/h14-22,30-31H,1-13H3. The van der Waals surface area contributed by atoms with Crippen LogP contribution in [0.4, 0.5) is 0 Å². The third kappa shape index (κ3) is 4.95. The highest BCUT2D eigenvalue weighted by atomic mass is 28.4. The maximum absolute atomic E-state index is 6.87. The zero-order valence-electron chi connectivity index (χ0n) is 26.2. The summed E-state index contributed by atoms with van der Waals surface area (Å²) in [6.07, 6.45) is 7.26. The maximum Gasteiger partial charge on any atom is 0.250 e. The fraction of sp³-hybridized carbons (Fsp3) is 0.515. The van der Waals surface area contributed by atoms with Crippen molar-refractivity contribution in [1.29, 1.82) is 0 Å². The Morgan fingerprint density at radius 1 is 0.658 bits per heavy atom. The number of allylic oxidation sites excluding steroid dienone is 2. The Balaban J connectivity index is 1.70. The first-order valence-corrected chi connectivity index (χ1v) is 23.3. The van der Waals surface area contributed by atoms with E-state index in [1.165, 1.54) is 27.8 Å². The van der Waals surface area contributed by atoms with Gasteiger partial charge in [-0.1, -0.05) is 103 Å². The second kappa shape index (κ2) is 9.38. The molecule has 0 aromatic heterocycles. The summed E-state index contributed by atoms with van der Waals surface area (Å²) in [6, 6.07) is 13.5. The van der Waals surface area contributed by atoms with Crippen LogP contribution in [0.15, 0.2) is 48.0 Å². The Morgan fingerprint density at radius 2 is 1.13 bits per heavy atom. The number of benzene rings is 2. The van der Waals surface area contributed by atoms with E-state index in [0.717, 1.165) is 11.5 Å². The lowest BCUT2D eigenvalue weighted by Crippen LogP contribution is -2.44. The van der Waals surface area contributed by atoms with Crippen molar-refractivity contribution in [2.24, 2.45) is 0 Å². The van der Waals surface area contributed by atoms with E-state index >= 15 is 0 Å². The van der Waals surface area contributed by atoms with Gasteiger partial charge >= 0.3 is 0 Å². The Morgan fingerprint density at radius 3 is 1.63 bits per heavy atom. The van der Waals surface area contributed by atoms with Gasteiger partial charge in [0.2, 0.25) is 0 Å². The maximum atomic E-state index is 6.87. The minimum Gasteiger partial charge on any atom is -0.543 e. The summed E-state index contributed by atoms with van der Waals surface area (Å²) < 4.78 is 13.7. The van der Waals surface area contributed by atoms with Gasteiger partial charge in [0.1, 0.15) is 11.5 Å². The summed E-state index contributed by atoms with van der Waals surface area (Å²) >= 11 is 0. The highest BCUT2D eigenvalue weighted by molar-refractivity contribution is 6.81. The number of hydrogen-bond acceptors (Lipinski definition) is 2. The van der Waals surface area contributed by atoms with Crippen LogP contribution >= 0.6 is 0 Å². The van der Waals surface area contributed by atoms with E-state index in [9.17, 15) is 0 Å². The molecule has 2 unspecified atom stereocenters. The van der Waals surface area contributed by atoms with E-state index in [1.807, 2.05) is 0 Å². The second-order valence-corrected chi connectivity index (χ2v) is 29.5. The summed E-state index contributed by atoms with van der Waals surface area (Å²) in [5.74, 6) is 2.15. The Kier molecular flexibility index (Phi) is 7.20. The normalized spacial score (nSPS) is 19.8. The van der Waals surface area contributed by atoms with Crippen LogP contribution in [0.1, 0.15) is 81.8 Å². The molecule has 0 N–H and O–H groups in total. The molecule has 0 spiro atoms. The van der Waals surface area contributed by atoms with Crippen LogP contribution in [0.3, 0.4) is 0 Å². The van der Waals surface area contributed by atoms with Crippen molar-refractivity contribution in [2.45, 2.75) is 109 Å². The number of hydrogen-bond donors (Lipinski definition) is 0. The Bertz CT molecular complexity index is 1290. The van der Waals surface area contributed by atoms with Crippen molar-refractivity contribution in [2.75, 3.05) is 0 Å². The van der Waals surface area contributed by atoms with Crippen molar-refractivity contribution in [3.63, 3.8) is 0 Å². The number of fused-ring (bicyclic) bond motifs is 2. The highest BCUT2D eigenvalue weighted by Crippen LogP contribution is 2.53. The third-order valence-corrected chi connectivity index (χ3v) is 23.1. The van der Waals surface area contributed by atoms with Crippen LogP contribution in [0.2, 0.25) is 49.4 Å². The molecule has 2 aromatic carbocycles. The van der Waals surface area contributed by atoms with Gasteiger partial charge in [-0.05, 0) is 72.0 Å². The van der Waals surface area contributed by atoms with Crippen molar-refractivity contribution in [1.82, 2.24) is 0 Å². The van der Waals surface area contributed by atoms with Crippen LogP contribution in [0.5, 0.6) is 11.5 Å². The monoisotopic (exact) mass is 562 g/mol. The van der Waals surface area contributed by atoms with Crippen LogP contribution in [-0.4, -0.2) is 24.7 Å². The van der Waals surface area contributed by atoms with Gasteiger partial charge in [-0.15, -0.1) is 0 Å². The molecule has 0 aliphatic heterocycles. The van der Waals surface area contributed by atoms with E-state index < -0.39 is 24.7 Å². The lowest BCUT2D eigenvalue weighted by atomic mass is 10.1. The summed E-state index contributed by atoms with van der Waals surface area (Å²) in [6.45, 7) is 30.8. The molecular formula is C33H50O2Si3. The SMILES string of the molecule is CC1=Cc2c(O[Si](C)(C)C(C)(C)C)cccc2C1[Si](C)(C)C1C=Cc2c(O[Si](C)(C)C(C)(C)C)cccc21. The molecule has 0 saturated heterocycles. The molecule has 0 amide bonds. The molecule has 2 aliphatic rings.